The molecule has 0 spiro atoms. The van der Waals surface area contributed by atoms with Crippen molar-refractivity contribution in [3.8, 4) is 5.75 Å². The van der Waals surface area contributed by atoms with Crippen LogP contribution in [-0.2, 0) is 16.1 Å². The van der Waals surface area contributed by atoms with Crippen molar-refractivity contribution in [1.29, 1.82) is 0 Å². The molecule has 9 heteroatoms. The number of para-hydroxylation sites is 1. The summed E-state index contributed by atoms with van der Waals surface area (Å²) >= 11 is 1.31. The van der Waals surface area contributed by atoms with Gasteiger partial charge in [-0.1, -0.05) is 29.5 Å². The molecule has 0 radical (unpaired) electrons. The Labute approximate surface area is 194 Å². The molecule has 33 heavy (non-hydrogen) atoms. The van der Waals surface area contributed by atoms with Crippen LogP contribution >= 0.6 is 11.3 Å². The molecular weight excluding hydrogens is 440 g/mol. The predicted octanol–water partition coefficient (Wildman–Crippen LogP) is 2.08. The van der Waals surface area contributed by atoms with Crippen molar-refractivity contribution in [2.75, 3.05) is 6.61 Å². The van der Waals surface area contributed by atoms with Crippen LogP contribution in [0, 0.1) is 19.8 Å². The number of esters is 1. The highest BCUT2D eigenvalue weighted by Gasteiger charge is 2.55. The van der Waals surface area contributed by atoms with Gasteiger partial charge in [-0.05, 0) is 46.8 Å². The van der Waals surface area contributed by atoms with Gasteiger partial charge in [-0.2, -0.15) is 5.10 Å². The third-order valence-electron chi connectivity index (χ3n) is 6.43. The summed E-state index contributed by atoms with van der Waals surface area (Å²) in [7, 11) is 0. The van der Waals surface area contributed by atoms with Gasteiger partial charge in [0.1, 0.15) is 11.7 Å². The molecule has 0 amide bonds. The van der Waals surface area contributed by atoms with E-state index in [2.05, 4.69) is 5.10 Å². The number of fused-ring (bicyclic) bond motifs is 6. The van der Waals surface area contributed by atoms with Gasteiger partial charge in [0.15, 0.2) is 4.80 Å². The van der Waals surface area contributed by atoms with E-state index in [0.717, 1.165) is 29.1 Å². The Kier molecular flexibility index (Phi) is 5.04. The molecule has 8 nitrogen and oxygen atoms in total. The zero-order valence-electron chi connectivity index (χ0n) is 19.3. The molecule has 1 aromatic carbocycles. The van der Waals surface area contributed by atoms with E-state index >= 15 is 0 Å². The summed E-state index contributed by atoms with van der Waals surface area (Å²) in [6, 6.07) is 6.94. The maximum Gasteiger partial charge on any atom is 0.317 e. The van der Waals surface area contributed by atoms with E-state index in [1.54, 1.807) is 18.4 Å². The summed E-state index contributed by atoms with van der Waals surface area (Å²) in [6.45, 7) is 10.5. The summed E-state index contributed by atoms with van der Waals surface area (Å²) in [5.74, 6) is -0.570. The summed E-state index contributed by atoms with van der Waals surface area (Å²) in [5.41, 5.74) is 2.23. The van der Waals surface area contributed by atoms with Crippen LogP contribution in [0.2, 0.25) is 0 Å². The van der Waals surface area contributed by atoms with Crippen molar-refractivity contribution in [1.82, 2.24) is 14.3 Å². The van der Waals surface area contributed by atoms with Crippen LogP contribution in [0.1, 0.15) is 49.3 Å². The Balaban J connectivity index is 1.78. The minimum absolute atomic E-state index is 0.181. The average Bonchev–Trinajstić information content (AvgIpc) is 3.22. The molecule has 172 valence electrons. The monoisotopic (exact) mass is 466 g/mol. The van der Waals surface area contributed by atoms with Crippen molar-refractivity contribution < 1.29 is 14.3 Å². The molecule has 0 saturated carbocycles. The van der Waals surface area contributed by atoms with Gasteiger partial charge in [-0.25, -0.2) is 4.99 Å². The number of rotatable bonds is 4. The Morgan fingerprint density at radius 3 is 2.76 bits per heavy atom. The molecule has 3 aromatic rings. The van der Waals surface area contributed by atoms with Crippen LogP contribution < -0.4 is 19.6 Å². The second-order valence-electron chi connectivity index (χ2n) is 8.45. The van der Waals surface area contributed by atoms with Crippen LogP contribution in [0.25, 0.3) is 6.08 Å². The second-order valence-corrected chi connectivity index (χ2v) is 9.46. The first-order valence-corrected chi connectivity index (χ1v) is 11.9. The highest BCUT2D eigenvalue weighted by molar-refractivity contribution is 7.07. The fraction of sp³-hybridized carbons (Fsp3) is 0.417. The van der Waals surface area contributed by atoms with E-state index in [9.17, 15) is 9.59 Å². The van der Waals surface area contributed by atoms with Crippen molar-refractivity contribution in [3.05, 3.63) is 66.5 Å². The molecule has 0 aliphatic carbocycles. The van der Waals surface area contributed by atoms with E-state index in [4.69, 9.17) is 14.5 Å². The first kappa shape index (κ1) is 21.6. The average molecular weight is 467 g/mol. The normalized spacial score (nSPS) is 23.4. The molecule has 4 heterocycles. The number of benzene rings is 1. The lowest BCUT2D eigenvalue weighted by Gasteiger charge is -2.44. The number of thiazole rings is 1. The Hall–Kier alpha value is -3.20. The zero-order valence-corrected chi connectivity index (χ0v) is 20.1. The minimum atomic E-state index is -1.17. The topological polar surface area (TPSA) is 87.7 Å². The Bertz CT molecular complexity index is 1450. The third kappa shape index (κ3) is 3.17. The van der Waals surface area contributed by atoms with Gasteiger partial charge in [0.2, 0.25) is 5.72 Å². The number of hydrogen-bond acceptors (Lipinski definition) is 7. The fourth-order valence-corrected chi connectivity index (χ4v) is 5.98. The Morgan fingerprint density at radius 1 is 1.30 bits per heavy atom. The summed E-state index contributed by atoms with van der Waals surface area (Å²) in [4.78, 5) is 32.1. The zero-order chi connectivity index (χ0) is 23.5. The van der Waals surface area contributed by atoms with Crippen LogP contribution in [0.5, 0.6) is 5.75 Å². The number of aryl methyl sites for hydroxylation is 2. The molecule has 2 aromatic heterocycles. The van der Waals surface area contributed by atoms with Crippen molar-refractivity contribution in [3.63, 3.8) is 0 Å². The molecule has 2 aliphatic heterocycles. The SMILES string of the molecule is CCOC(=O)[C@@H]1[C@H]2c3ccccc3O[C@@]1(C)N=c1s/c(=C/c3c(C)nn(CC)c3C)c(=O)n12. The van der Waals surface area contributed by atoms with Gasteiger partial charge in [0, 0.05) is 23.4 Å². The number of carbonyl (C=O) groups excluding carboxylic acids is 1. The second kappa shape index (κ2) is 7.69. The predicted molar refractivity (Wildman–Crippen MR) is 124 cm³/mol. The lowest BCUT2D eigenvalue weighted by molar-refractivity contribution is -0.160. The third-order valence-corrected chi connectivity index (χ3v) is 7.42. The number of aromatic nitrogens is 3. The first-order chi connectivity index (χ1) is 15.8. The maximum atomic E-state index is 13.7. The van der Waals surface area contributed by atoms with E-state index in [-0.39, 0.29) is 12.2 Å². The van der Waals surface area contributed by atoms with Crippen molar-refractivity contribution >= 4 is 23.4 Å². The summed E-state index contributed by atoms with van der Waals surface area (Å²) in [5, 5.41) is 4.56. The van der Waals surface area contributed by atoms with Crippen LogP contribution in [0.3, 0.4) is 0 Å². The van der Waals surface area contributed by atoms with E-state index in [1.807, 2.05) is 55.8 Å². The van der Waals surface area contributed by atoms with E-state index < -0.39 is 23.7 Å². The van der Waals surface area contributed by atoms with Gasteiger partial charge in [-0.3, -0.25) is 18.8 Å². The lowest BCUT2D eigenvalue weighted by atomic mass is 9.81. The standard InChI is InChI=1S/C24H26N4O4S/c1-6-27-14(4)16(13(3)26-27)12-18-21(29)28-20-15-10-8-9-11-17(15)32-24(5,25-23(28)33-18)19(20)22(30)31-7-2/h8-12,19-20H,6-7H2,1-5H3/b18-12+/t19-,20+,24+/m0/s1. The largest absolute Gasteiger partial charge is 0.466 e. The van der Waals surface area contributed by atoms with E-state index in [0.29, 0.717) is 15.1 Å². The molecule has 0 fully saturated rings. The quantitative estimate of drug-likeness (QED) is 0.550. The van der Waals surface area contributed by atoms with Gasteiger partial charge >= 0.3 is 5.97 Å². The van der Waals surface area contributed by atoms with Crippen molar-refractivity contribution in [2.24, 2.45) is 10.9 Å². The maximum absolute atomic E-state index is 13.7. The number of carbonyl (C=O) groups is 1. The molecule has 0 unspecified atom stereocenters. The Morgan fingerprint density at radius 2 is 2.06 bits per heavy atom. The van der Waals surface area contributed by atoms with Crippen LogP contribution in [0.4, 0.5) is 0 Å². The van der Waals surface area contributed by atoms with E-state index in [1.165, 1.54) is 11.3 Å². The van der Waals surface area contributed by atoms with Crippen molar-refractivity contribution in [2.45, 2.75) is 52.9 Å². The first-order valence-electron chi connectivity index (χ1n) is 11.1. The molecule has 2 bridgehead atoms. The van der Waals surface area contributed by atoms with Gasteiger partial charge in [0.25, 0.3) is 5.56 Å². The number of nitrogens with zero attached hydrogens (tertiary/aromatic N) is 4. The highest BCUT2D eigenvalue weighted by Crippen LogP contribution is 2.47. The molecule has 0 saturated heterocycles. The number of hydrogen-bond donors (Lipinski definition) is 0. The molecule has 5 rings (SSSR count). The minimum Gasteiger partial charge on any atom is -0.466 e. The fourth-order valence-electron chi connectivity index (χ4n) is 4.90. The lowest BCUT2D eigenvalue weighted by Crippen LogP contribution is -2.58. The van der Waals surface area contributed by atoms with Crippen LogP contribution in [-0.4, -0.2) is 32.6 Å². The van der Waals surface area contributed by atoms with Crippen LogP contribution in [0.15, 0.2) is 34.1 Å². The summed E-state index contributed by atoms with van der Waals surface area (Å²) in [6.07, 6.45) is 1.89. The van der Waals surface area contributed by atoms with Gasteiger partial charge < -0.3 is 9.47 Å². The number of ether oxygens (including phenoxy) is 2. The molecule has 3 atom stereocenters. The van der Waals surface area contributed by atoms with Gasteiger partial charge in [-0.15, -0.1) is 0 Å². The molecular formula is C24H26N4O4S. The highest BCUT2D eigenvalue weighted by atomic mass is 32.1. The summed E-state index contributed by atoms with van der Waals surface area (Å²) < 4.78 is 15.7. The van der Waals surface area contributed by atoms with Gasteiger partial charge in [0.05, 0.1) is 22.9 Å². The molecule has 2 aliphatic rings. The molecule has 0 N–H and O–H groups in total. The smallest absolute Gasteiger partial charge is 0.317 e.